The first-order chi connectivity index (χ1) is 5.83. The first-order valence-electron chi connectivity index (χ1n) is 4.74. The van der Waals surface area contributed by atoms with Crippen LogP contribution >= 0.6 is 11.8 Å². The number of hydrogen-bond acceptors (Lipinski definition) is 2. The molecule has 2 heteroatoms. The number of aliphatic hydroxyl groups is 1. The Morgan fingerprint density at radius 2 is 2.17 bits per heavy atom. The van der Waals surface area contributed by atoms with Crippen molar-refractivity contribution >= 4 is 11.8 Å². The molecule has 4 atom stereocenters. The van der Waals surface area contributed by atoms with Gasteiger partial charge in [-0.25, -0.2) is 0 Å². The zero-order chi connectivity index (χ0) is 8.55. The number of fused-ring (bicyclic) bond motifs is 1. The zero-order valence-corrected chi connectivity index (χ0v) is 8.26. The van der Waals surface area contributed by atoms with Gasteiger partial charge in [-0.05, 0) is 24.7 Å². The Kier molecular flexibility index (Phi) is 2.47. The number of thioether (sulfide) groups is 1. The summed E-state index contributed by atoms with van der Waals surface area (Å²) in [6.07, 6.45) is 7.05. The SMILES string of the molecule is CC1C(CO)SC2CC=CCC21. The molecule has 68 valence electrons. The molecule has 0 aromatic heterocycles. The van der Waals surface area contributed by atoms with Crippen molar-refractivity contribution in [3.8, 4) is 0 Å². The lowest BCUT2D eigenvalue weighted by molar-refractivity contribution is 0.248. The van der Waals surface area contributed by atoms with E-state index in [1.807, 2.05) is 11.8 Å². The van der Waals surface area contributed by atoms with Crippen molar-refractivity contribution in [3.63, 3.8) is 0 Å². The highest BCUT2D eigenvalue weighted by atomic mass is 32.2. The van der Waals surface area contributed by atoms with Crippen LogP contribution in [0.5, 0.6) is 0 Å². The summed E-state index contributed by atoms with van der Waals surface area (Å²) in [5, 5.41) is 10.4. The Hall–Kier alpha value is 0.0500. The quantitative estimate of drug-likeness (QED) is 0.629. The molecule has 0 spiro atoms. The molecule has 1 aliphatic carbocycles. The van der Waals surface area contributed by atoms with E-state index in [9.17, 15) is 0 Å². The fourth-order valence-corrected chi connectivity index (χ4v) is 4.12. The van der Waals surface area contributed by atoms with Gasteiger partial charge in [0.1, 0.15) is 0 Å². The molecule has 1 aliphatic heterocycles. The van der Waals surface area contributed by atoms with E-state index in [0.717, 1.165) is 11.2 Å². The second kappa shape index (κ2) is 3.43. The molecular formula is C10H16OS. The molecule has 0 aromatic rings. The number of aliphatic hydroxyl groups excluding tert-OH is 1. The molecule has 12 heavy (non-hydrogen) atoms. The van der Waals surface area contributed by atoms with Gasteiger partial charge in [0.05, 0.1) is 6.61 Å². The van der Waals surface area contributed by atoms with Gasteiger partial charge in [-0.3, -0.25) is 0 Å². The second-order valence-electron chi connectivity index (χ2n) is 3.86. The summed E-state index contributed by atoms with van der Waals surface area (Å²) in [5.74, 6) is 1.53. The van der Waals surface area contributed by atoms with Gasteiger partial charge < -0.3 is 5.11 Å². The van der Waals surface area contributed by atoms with E-state index in [2.05, 4.69) is 19.1 Å². The summed E-state index contributed by atoms with van der Waals surface area (Å²) in [7, 11) is 0. The van der Waals surface area contributed by atoms with E-state index in [0.29, 0.717) is 17.8 Å². The van der Waals surface area contributed by atoms with Crippen molar-refractivity contribution in [3.05, 3.63) is 12.2 Å². The fourth-order valence-electron chi connectivity index (χ4n) is 2.35. The molecule has 0 saturated carbocycles. The van der Waals surface area contributed by atoms with Gasteiger partial charge in [0, 0.05) is 10.5 Å². The van der Waals surface area contributed by atoms with E-state index in [4.69, 9.17) is 5.11 Å². The van der Waals surface area contributed by atoms with Gasteiger partial charge in [0.25, 0.3) is 0 Å². The van der Waals surface area contributed by atoms with E-state index in [-0.39, 0.29) is 0 Å². The molecule has 4 unspecified atom stereocenters. The van der Waals surface area contributed by atoms with Crippen molar-refractivity contribution in [2.75, 3.05) is 6.61 Å². The summed E-state index contributed by atoms with van der Waals surface area (Å²) < 4.78 is 0. The van der Waals surface area contributed by atoms with E-state index >= 15 is 0 Å². The summed E-state index contributed by atoms with van der Waals surface area (Å²) in [4.78, 5) is 0. The van der Waals surface area contributed by atoms with Gasteiger partial charge in [-0.2, -0.15) is 11.8 Å². The molecule has 1 nitrogen and oxygen atoms in total. The third-order valence-corrected chi connectivity index (χ3v) is 5.03. The molecule has 1 heterocycles. The molecule has 0 aromatic carbocycles. The van der Waals surface area contributed by atoms with Crippen molar-refractivity contribution in [2.24, 2.45) is 11.8 Å². The summed E-state index contributed by atoms with van der Waals surface area (Å²) in [6, 6.07) is 0. The summed E-state index contributed by atoms with van der Waals surface area (Å²) >= 11 is 2.00. The Bertz CT molecular complexity index is 190. The van der Waals surface area contributed by atoms with Crippen LogP contribution < -0.4 is 0 Å². The van der Waals surface area contributed by atoms with Crippen LogP contribution in [0.15, 0.2) is 12.2 Å². The average molecular weight is 184 g/mol. The molecule has 1 fully saturated rings. The highest BCUT2D eigenvalue weighted by Gasteiger charge is 2.40. The Morgan fingerprint density at radius 3 is 2.83 bits per heavy atom. The van der Waals surface area contributed by atoms with Crippen molar-refractivity contribution in [1.82, 2.24) is 0 Å². The van der Waals surface area contributed by atoms with Crippen LogP contribution in [0.2, 0.25) is 0 Å². The Labute approximate surface area is 78.2 Å². The lowest BCUT2D eigenvalue weighted by Crippen LogP contribution is -2.21. The minimum absolute atomic E-state index is 0.360. The van der Waals surface area contributed by atoms with Crippen molar-refractivity contribution in [1.29, 1.82) is 0 Å². The maximum atomic E-state index is 9.14. The Morgan fingerprint density at radius 1 is 1.42 bits per heavy atom. The standard InChI is InChI=1S/C10H16OS/c1-7-8-4-2-3-5-9(8)12-10(7)6-11/h2-3,7-11H,4-6H2,1H3. The number of hydrogen-bond donors (Lipinski definition) is 1. The highest BCUT2D eigenvalue weighted by Crippen LogP contribution is 2.47. The number of rotatable bonds is 1. The highest BCUT2D eigenvalue weighted by molar-refractivity contribution is 8.00. The Balaban J connectivity index is 2.08. The summed E-state index contributed by atoms with van der Waals surface area (Å²) in [5.41, 5.74) is 0. The summed E-state index contributed by atoms with van der Waals surface area (Å²) in [6.45, 7) is 2.65. The van der Waals surface area contributed by atoms with Gasteiger partial charge >= 0.3 is 0 Å². The number of allylic oxidation sites excluding steroid dienone is 2. The molecule has 1 N–H and O–H groups in total. The average Bonchev–Trinajstić information content (AvgIpc) is 2.44. The first kappa shape index (κ1) is 8.64. The van der Waals surface area contributed by atoms with E-state index in [1.54, 1.807) is 0 Å². The third-order valence-electron chi connectivity index (χ3n) is 3.21. The van der Waals surface area contributed by atoms with Gasteiger partial charge in [0.15, 0.2) is 0 Å². The van der Waals surface area contributed by atoms with Crippen LogP contribution in [-0.2, 0) is 0 Å². The maximum Gasteiger partial charge on any atom is 0.0552 e. The van der Waals surface area contributed by atoms with Crippen LogP contribution in [0, 0.1) is 11.8 Å². The maximum absolute atomic E-state index is 9.14. The first-order valence-corrected chi connectivity index (χ1v) is 5.68. The molecule has 1 saturated heterocycles. The lowest BCUT2D eigenvalue weighted by Gasteiger charge is -2.22. The topological polar surface area (TPSA) is 20.2 Å². The van der Waals surface area contributed by atoms with Crippen LogP contribution in [0.4, 0.5) is 0 Å². The monoisotopic (exact) mass is 184 g/mol. The van der Waals surface area contributed by atoms with Crippen molar-refractivity contribution < 1.29 is 5.11 Å². The third kappa shape index (κ3) is 1.31. The van der Waals surface area contributed by atoms with Crippen LogP contribution in [0.1, 0.15) is 19.8 Å². The predicted octanol–water partition coefficient (Wildman–Crippen LogP) is 2.06. The lowest BCUT2D eigenvalue weighted by atomic mass is 9.82. The van der Waals surface area contributed by atoms with Gasteiger partial charge in [-0.15, -0.1) is 0 Å². The smallest absolute Gasteiger partial charge is 0.0552 e. The van der Waals surface area contributed by atoms with Crippen LogP contribution in [0.3, 0.4) is 0 Å². The van der Waals surface area contributed by atoms with Gasteiger partial charge in [0.2, 0.25) is 0 Å². The molecule has 0 radical (unpaired) electrons. The second-order valence-corrected chi connectivity index (χ2v) is 5.34. The molecule has 0 bridgehead atoms. The largest absolute Gasteiger partial charge is 0.395 e. The molecular weight excluding hydrogens is 168 g/mol. The minimum atomic E-state index is 0.360. The molecule has 2 rings (SSSR count). The van der Waals surface area contributed by atoms with Gasteiger partial charge in [-0.1, -0.05) is 19.1 Å². The molecule has 0 amide bonds. The minimum Gasteiger partial charge on any atom is -0.395 e. The normalized spacial score (nSPS) is 46.2. The van der Waals surface area contributed by atoms with Crippen LogP contribution in [0.25, 0.3) is 0 Å². The van der Waals surface area contributed by atoms with Crippen molar-refractivity contribution in [2.45, 2.75) is 30.3 Å². The zero-order valence-electron chi connectivity index (χ0n) is 7.44. The van der Waals surface area contributed by atoms with Crippen LogP contribution in [-0.4, -0.2) is 22.2 Å². The fraction of sp³-hybridized carbons (Fsp3) is 0.800. The predicted molar refractivity (Wildman–Crippen MR) is 53.3 cm³/mol. The van der Waals surface area contributed by atoms with E-state index < -0.39 is 0 Å². The van der Waals surface area contributed by atoms with E-state index in [1.165, 1.54) is 12.8 Å². The molecule has 2 aliphatic rings.